The smallest absolute Gasteiger partial charge is 0.216 e. The van der Waals surface area contributed by atoms with Gasteiger partial charge in [-0.2, -0.15) is 9.83 Å². The van der Waals surface area contributed by atoms with Gasteiger partial charge in [0.05, 0.1) is 17.2 Å². The number of rotatable bonds is 2. The van der Waals surface area contributed by atoms with Crippen LogP contribution in [0.4, 0.5) is 0 Å². The number of nitriles is 1. The summed E-state index contributed by atoms with van der Waals surface area (Å²) in [6, 6.07) is 13.5. The van der Waals surface area contributed by atoms with E-state index in [4.69, 9.17) is 9.90 Å². The lowest BCUT2D eigenvalue weighted by Gasteiger charge is -2.11. The maximum atomic E-state index is 9.69. The van der Waals surface area contributed by atoms with E-state index in [0.29, 0.717) is 22.3 Å². The Bertz CT molecular complexity index is 1440. The van der Waals surface area contributed by atoms with Crippen LogP contribution in [0.25, 0.3) is 33.2 Å². The van der Waals surface area contributed by atoms with Crippen molar-refractivity contribution in [3.63, 3.8) is 0 Å². The van der Waals surface area contributed by atoms with E-state index in [2.05, 4.69) is 6.07 Å². The first-order valence-electron chi connectivity index (χ1n) is 11.2. The van der Waals surface area contributed by atoms with Crippen molar-refractivity contribution in [2.45, 2.75) is 40.4 Å². The van der Waals surface area contributed by atoms with E-state index in [0.717, 1.165) is 38.9 Å². The lowest BCUT2D eigenvalue weighted by molar-refractivity contribution is -0.666. The zero-order valence-corrected chi connectivity index (χ0v) is 16.8. The van der Waals surface area contributed by atoms with Crippen molar-refractivity contribution in [2.75, 3.05) is 0 Å². The van der Waals surface area contributed by atoms with E-state index < -0.39 is 12.7 Å². The number of pyridine rings is 1. The molecule has 2 aromatic carbocycles. The van der Waals surface area contributed by atoms with Gasteiger partial charge in [0, 0.05) is 35.3 Å². The fraction of sp³-hybridized carbons (Fsp3) is 0.280. The molecule has 0 radical (unpaired) electrons. The minimum Gasteiger partial charge on any atom is -0.455 e. The van der Waals surface area contributed by atoms with Crippen LogP contribution in [0.2, 0.25) is 0 Å². The van der Waals surface area contributed by atoms with Gasteiger partial charge in [-0.25, -0.2) is 0 Å². The first kappa shape index (κ1) is 14.0. The number of hydrogen-bond donors (Lipinski definition) is 0. The van der Waals surface area contributed by atoms with Gasteiger partial charge in [0.25, 0.3) is 0 Å². The zero-order chi connectivity index (χ0) is 23.6. The monoisotopic (exact) mass is 373 g/mol. The van der Waals surface area contributed by atoms with E-state index >= 15 is 0 Å². The van der Waals surface area contributed by atoms with Crippen LogP contribution >= 0.6 is 0 Å². The SMILES string of the molecule is [2H]C([2H])([2H])C([2H])(C)c1cc(C)[n+](C)c(-c2c(C)ccc3c2oc2cc(C)cc(C#N)c23)c1. The van der Waals surface area contributed by atoms with Gasteiger partial charge < -0.3 is 4.42 Å². The third-order valence-corrected chi connectivity index (χ3v) is 5.45. The largest absolute Gasteiger partial charge is 0.455 e. The van der Waals surface area contributed by atoms with E-state index in [-0.39, 0.29) is 0 Å². The molecule has 0 fully saturated rings. The molecule has 1 unspecified atom stereocenters. The van der Waals surface area contributed by atoms with Crippen molar-refractivity contribution in [1.82, 2.24) is 0 Å². The number of furan rings is 1. The summed E-state index contributed by atoms with van der Waals surface area (Å²) in [7, 11) is 1.91. The predicted molar refractivity (Wildman–Crippen MR) is 113 cm³/mol. The number of aryl methyl sites for hydroxylation is 3. The molecule has 0 amide bonds. The van der Waals surface area contributed by atoms with Crippen LogP contribution in [-0.4, -0.2) is 0 Å². The maximum Gasteiger partial charge on any atom is 0.216 e. The molecule has 0 aliphatic heterocycles. The number of hydrogen-bond acceptors (Lipinski definition) is 2. The van der Waals surface area contributed by atoms with Crippen LogP contribution in [0.15, 0.2) is 40.8 Å². The number of fused-ring (bicyclic) bond motifs is 3. The van der Waals surface area contributed by atoms with Crippen molar-refractivity contribution in [2.24, 2.45) is 7.05 Å². The summed E-state index contributed by atoms with van der Waals surface area (Å²) >= 11 is 0. The highest BCUT2D eigenvalue weighted by atomic mass is 16.3. The Morgan fingerprint density at radius 2 is 1.96 bits per heavy atom. The van der Waals surface area contributed by atoms with Crippen LogP contribution in [0, 0.1) is 32.1 Å². The Labute approximate surface area is 171 Å². The summed E-state index contributed by atoms with van der Waals surface area (Å²) in [5.41, 5.74) is 6.60. The summed E-state index contributed by atoms with van der Waals surface area (Å²) in [5, 5.41) is 11.3. The molecule has 2 heterocycles. The molecule has 2 aromatic heterocycles. The molecule has 0 aliphatic rings. The Hall–Kier alpha value is -3.12. The fourth-order valence-electron chi connectivity index (χ4n) is 3.87. The Morgan fingerprint density at radius 3 is 2.68 bits per heavy atom. The van der Waals surface area contributed by atoms with Crippen molar-refractivity contribution >= 4 is 21.9 Å². The molecule has 140 valence electrons. The third kappa shape index (κ3) is 2.68. The summed E-state index contributed by atoms with van der Waals surface area (Å²) in [4.78, 5) is 0. The zero-order valence-electron chi connectivity index (χ0n) is 20.8. The van der Waals surface area contributed by atoms with Gasteiger partial charge in [-0.3, -0.25) is 0 Å². The first-order chi connectivity index (χ1) is 14.9. The fourth-order valence-corrected chi connectivity index (χ4v) is 3.87. The number of nitrogens with zero attached hydrogens (tertiary/aromatic N) is 2. The van der Waals surface area contributed by atoms with Gasteiger partial charge in [-0.15, -0.1) is 0 Å². The van der Waals surface area contributed by atoms with Crippen LogP contribution in [0.1, 0.15) is 53.1 Å². The Kier molecular flexibility index (Phi) is 3.24. The standard InChI is InChI=1S/C25H25N2O/c1-14(2)18-11-17(5)27(6)21(12-18)23-16(4)7-8-20-24-19(13-26)9-15(3)10-22(24)28-25(20)23/h7-12,14H,1-6H3/q+1/i1D3,14D. The predicted octanol–water partition coefficient (Wildman–Crippen LogP) is 6.00. The van der Waals surface area contributed by atoms with Gasteiger partial charge in [0.1, 0.15) is 18.2 Å². The minimum atomic E-state index is -2.48. The second-order valence-corrected chi connectivity index (χ2v) is 7.49. The minimum absolute atomic E-state index is 0.421. The van der Waals surface area contributed by atoms with Crippen LogP contribution in [0.5, 0.6) is 0 Å². The highest BCUT2D eigenvalue weighted by Crippen LogP contribution is 2.39. The molecule has 0 saturated heterocycles. The third-order valence-electron chi connectivity index (χ3n) is 5.45. The lowest BCUT2D eigenvalue weighted by atomic mass is 9.95. The maximum absolute atomic E-state index is 9.69. The van der Waals surface area contributed by atoms with Gasteiger partial charge in [-0.05, 0) is 48.6 Å². The van der Waals surface area contributed by atoms with E-state index in [1.54, 1.807) is 12.1 Å². The van der Waals surface area contributed by atoms with E-state index in [1.165, 1.54) is 6.92 Å². The quantitative estimate of drug-likeness (QED) is 0.404. The molecule has 0 spiro atoms. The molecular weight excluding hydrogens is 344 g/mol. The molecule has 4 rings (SSSR count). The lowest BCUT2D eigenvalue weighted by Crippen LogP contribution is -2.35. The molecule has 0 bridgehead atoms. The van der Waals surface area contributed by atoms with Crippen LogP contribution < -0.4 is 4.57 Å². The Balaban J connectivity index is 2.12. The summed E-state index contributed by atoms with van der Waals surface area (Å²) in [5.74, 6) is -1.76. The normalized spacial score (nSPS) is 16.1. The first-order valence-corrected chi connectivity index (χ1v) is 9.25. The van der Waals surface area contributed by atoms with Crippen LogP contribution in [-0.2, 0) is 7.05 Å². The second-order valence-electron chi connectivity index (χ2n) is 7.49. The summed E-state index contributed by atoms with van der Waals surface area (Å²) < 4.78 is 40.5. The highest BCUT2D eigenvalue weighted by molar-refractivity contribution is 6.12. The van der Waals surface area contributed by atoms with Gasteiger partial charge in [0.2, 0.25) is 5.69 Å². The molecule has 3 nitrogen and oxygen atoms in total. The summed E-state index contributed by atoms with van der Waals surface area (Å²) in [6.45, 7) is 4.75. The second kappa shape index (κ2) is 6.49. The van der Waals surface area contributed by atoms with Gasteiger partial charge in [0.15, 0.2) is 5.69 Å². The Morgan fingerprint density at radius 1 is 1.18 bits per heavy atom. The topological polar surface area (TPSA) is 40.8 Å². The molecule has 28 heavy (non-hydrogen) atoms. The van der Waals surface area contributed by atoms with Gasteiger partial charge in [-0.1, -0.05) is 25.9 Å². The number of benzene rings is 2. The van der Waals surface area contributed by atoms with E-state index in [9.17, 15) is 5.26 Å². The average Bonchev–Trinajstić information content (AvgIpc) is 3.06. The molecule has 0 N–H and O–H groups in total. The molecule has 0 aliphatic carbocycles. The number of aromatic nitrogens is 1. The van der Waals surface area contributed by atoms with Crippen molar-refractivity contribution in [3.8, 4) is 17.3 Å². The molecule has 4 aromatic rings. The summed E-state index contributed by atoms with van der Waals surface area (Å²) in [6.07, 6.45) is 0. The van der Waals surface area contributed by atoms with Gasteiger partial charge >= 0.3 is 0 Å². The van der Waals surface area contributed by atoms with Crippen LogP contribution in [0.3, 0.4) is 0 Å². The van der Waals surface area contributed by atoms with Crippen molar-refractivity contribution in [1.29, 1.82) is 5.26 Å². The average molecular weight is 374 g/mol. The molecular formula is C25H25N2O+. The van der Waals surface area contributed by atoms with Crippen molar-refractivity contribution in [3.05, 3.63) is 64.3 Å². The molecule has 0 saturated carbocycles. The van der Waals surface area contributed by atoms with Crippen molar-refractivity contribution < 1.29 is 14.5 Å². The molecule has 3 heteroatoms. The molecule has 1 atom stereocenters. The van der Waals surface area contributed by atoms with E-state index in [1.807, 2.05) is 56.7 Å². The highest BCUT2D eigenvalue weighted by Gasteiger charge is 2.24.